The molecule has 0 aliphatic heterocycles. The Kier molecular flexibility index (Phi) is 6.27. The van der Waals surface area contributed by atoms with Crippen LogP contribution in [0.25, 0.3) is 0 Å². The van der Waals surface area contributed by atoms with Crippen molar-refractivity contribution in [3.05, 3.63) is 35.4 Å². The van der Waals surface area contributed by atoms with Crippen molar-refractivity contribution < 1.29 is 4.79 Å². The molecule has 2 unspecified atom stereocenters. The summed E-state index contributed by atoms with van der Waals surface area (Å²) in [7, 11) is 0. The van der Waals surface area contributed by atoms with Crippen molar-refractivity contribution in [2.75, 3.05) is 0 Å². The van der Waals surface area contributed by atoms with E-state index in [1.807, 2.05) is 0 Å². The maximum absolute atomic E-state index is 12.0. The predicted octanol–water partition coefficient (Wildman–Crippen LogP) is 2.41. The molecule has 0 fully saturated rings. The summed E-state index contributed by atoms with van der Waals surface area (Å²) in [5.74, 6) is 2.51. The van der Waals surface area contributed by atoms with Gasteiger partial charge in [0.15, 0.2) is 0 Å². The molecule has 1 aromatic rings. The molecule has 0 aliphatic carbocycles. The Morgan fingerprint density at radius 3 is 2.40 bits per heavy atom. The first-order valence-electron chi connectivity index (χ1n) is 7.07. The number of hydrogen-bond donors (Lipinski definition) is 2. The lowest BCUT2D eigenvalue weighted by Gasteiger charge is -2.24. The molecule has 3 N–H and O–H groups in total. The van der Waals surface area contributed by atoms with E-state index in [0.717, 1.165) is 12.0 Å². The zero-order valence-corrected chi connectivity index (χ0v) is 12.5. The zero-order valence-electron chi connectivity index (χ0n) is 12.5. The molecular weight excluding hydrogens is 248 g/mol. The van der Waals surface area contributed by atoms with E-state index >= 15 is 0 Å². The summed E-state index contributed by atoms with van der Waals surface area (Å²) in [5, 5.41) is 3.00. The average Bonchev–Trinajstić information content (AvgIpc) is 2.44. The van der Waals surface area contributed by atoms with E-state index in [-0.39, 0.29) is 24.3 Å². The summed E-state index contributed by atoms with van der Waals surface area (Å²) < 4.78 is 0. The van der Waals surface area contributed by atoms with E-state index in [4.69, 9.17) is 12.2 Å². The molecule has 108 valence electrons. The molecule has 3 heteroatoms. The van der Waals surface area contributed by atoms with Crippen LogP contribution in [0.3, 0.4) is 0 Å². The Balaban J connectivity index is 2.83. The van der Waals surface area contributed by atoms with Crippen LogP contribution in [0.1, 0.15) is 44.4 Å². The molecule has 2 atom stereocenters. The zero-order chi connectivity index (χ0) is 15.1. The number of aryl methyl sites for hydroxylation is 1. The normalized spacial score (nSPS) is 13.6. The van der Waals surface area contributed by atoms with Gasteiger partial charge in [-0.05, 0) is 23.5 Å². The summed E-state index contributed by atoms with van der Waals surface area (Å²) in [5.41, 5.74) is 8.13. The summed E-state index contributed by atoms with van der Waals surface area (Å²) in [6.07, 6.45) is 6.45. The Labute approximate surface area is 121 Å². The smallest absolute Gasteiger partial charge is 0.238 e. The maximum atomic E-state index is 12.0. The molecule has 3 nitrogen and oxygen atoms in total. The summed E-state index contributed by atoms with van der Waals surface area (Å²) in [6, 6.07) is 7.64. The Morgan fingerprint density at radius 2 is 1.95 bits per heavy atom. The quantitative estimate of drug-likeness (QED) is 0.781. The molecule has 1 amide bonds. The third-order valence-electron chi connectivity index (χ3n) is 3.39. The first-order valence-corrected chi connectivity index (χ1v) is 7.07. The minimum absolute atomic E-state index is 0.0442. The lowest BCUT2D eigenvalue weighted by Crippen LogP contribution is -2.43. The fourth-order valence-corrected chi connectivity index (χ4v) is 2.08. The molecule has 1 rings (SSSR count). The van der Waals surface area contributed by atoms with Gasteiger partial charge in [0, 0.05) is 6.42 Å². The van der Waals surface area contributed by atoms with Crippen molar-refractivity contribution in [1.29, 1.82) is 0 Å². The van der Waals surface area contributed by atoms with Crippen molar-refractivity contribution in [3.8, 4) is 12.3 Å². The molecule has 0 heterocycles. The second kappa shape index (κ2) is 7.72. The molecule has 0 aliphatic rings. The summed E-state index contributed by atoms with van der Waals surface area (Å²) in [6.45, 7) is 6.27. The second-order valence-corrected chi connectivity index (χ2v) is 5.34. The van der Waals surface area contributed by atoms with Crippen LogP contribution in [0.5, 0.6) is 0 Å². The molecule has 0 spiro atoms. The van der Waals surface area contributed by atoms with Crippen LogP contribution in [0.4, 0.5) is 0 Å². The molecule has 1 aromatic carbocycles. The summed E-state index contributed by atoms with van der Waals surface area (Å²) >= 11 is 0. The van der Waals surface area contributed by atoms with Crippen molar-refractivity contribution in [3.63, 3.8) is 0 Å². The standard InChI is InChI=1S/C17H24N2O/c1-5-7-15(18)17(20)19-16(12(3)4)14-10-8-13(6-2)9-11-14/h1,8-12,15-16H,6-7,18H2,2-4H3,(H,19,20). The number of amides is 1. The minimum atomic E-state index is -0.642. The Hall–Kier alpha value is -1.79. The topological polar surface area (TPSA) is 55.1 Å². The number of nitrogens with one attached hydrogen (secondary N) is 1. The SMILES string of the molecule is C#CCC(N)C(=O)NC(c1ccc(CC)cc1)C(C)C. The van der Waals surface area contributed by atoms with E-state index < -0.39 is 6.04 Å². The van der Waals surface area contributed by atoms with Gasteiger partial charge in [-0.3, -0.25) is 4.79 Å². The van der Waals surface area contributed by atoms with Crippen LogP contribution in [0.15, 0.2) is 24.3 Å². The molecule has 20 heavy (non-hydrogen) atoms. The number of carbonyl (C=O) groups excluding carboxylic acids is 1. The Morgan fingerprint density at radius 1 is 1.35 bits per heavy atom. The molecular formula is C17H24N2O. The van der Waals surface area contributed by atoms with Gasteiger partial charge in [0.05, 0.1) is 12.1 Å². The third-order valence-corrected chi connectivity index (χ3v) is 3.39. The summed E-state index contributed by atoms with van der Waals surface area (Å²) in [4.78, 5) is 12.0. The number of terminal acetylenes is 1. The predicted molar refractivity (Wildman–Crippen MR) is 83.0 cm³/mol. The number of benzene rings is 1. The number of nitrogens with two attached hydrogens (primary N) is 1. The second-order valence-electron chi connectivity index (χ2n) is 5.34. The highest BCUT2D eigenvalue weighted by Crippen LogP contribution is 2.22. The van der Waals surface area contributed by atoms with Gasteiger partial charge in [0.25, 0.3) is 0 Å². The van der Waals surface area contributed by atoms with Gasteiger partial charge in [-0.1, -0.05) is 45.0 Å². The lowest BCUT2D eigenvalue weighted by molar-refractivity contribution is -0.123. The maximum Gasteiger partial charge on any atom is 0.238 e. The van der Waals surface area contributed by atoms with Gasteiger partial charge in [-0.15, -0.1) is 12.3 Å². The monoisotopic (exact) mass is 272 g/mol. The largest absolute Gasteiger partial charge is 0.348 e. The van der Waals surface area contributed by atoms with E-state index in [0.29, 0.717) is 0 Å². The van der Waals surface area contributed by atoms with Crippen LogP contribution < -0.4 is 11.1 Å². The van der Waals surface area contributed by atoms with E-state index in [9.17, 15) is 4.79 Å². The van der Waals surface area contributed by atoms with Gasteiger partial charge in [0.1, 0.15) is 0 Å². The van der Waals surface area contributed by atoms with Gasteiger partial charge in [-0.25, -0.2) is 0 Å². The molecule has 0 aromatic heterocycles. The fourth-order valence-electron chi connectivity index (χ4n) is 2.08. The highest BCUT2D eigenvalue weighted by molar-refractivity contribution is 5.82. The number of hydrogen-bond acceptors (Lipinski definition) is 2. The van der Waals surface area contributed by atoms with Gasteiger partial charge < -0.3 is 11.1 Å². The average molecular weight is 272 g/mol. The number of rotatable bonds is 6. The van der Waals surface area contributed by atoms with Gasteiger partial charge in [0.2, 0.25) is 5.91 Å². The van der Waals surface area contributed by atoms with Gasteiger partial charge >= 0.3 is 0 Å². The van der Waals surface area contributed by atoms with Crippen molar-refractivity contribution in [1.82, 2.24) is 5.32 Å². The van der Waals surface area contributed by atoms with Crippen LogP contribution in [0.2, 0.25) is 0 Å². The highest BCUT2D eigenvalue weighted by atomic mass is 16.2. The van der Waals surface area contributed by atoms with Crippen molar-refractivity contribution in [2.45, 2.75) is 45.7 Å². The van der Waals surface area contributed by atoms with E-state index in [2.05, 4.69) is 56.3 Å². The van der Waals surface area contributed by atoms with E-state index in [1.54, 1.807) is 0 Å². The third kappa shape index (κ3) is 4.40. The molecule has 0 saturated carbocycles. The molecule has 0 radical (unpaired) electrons. The lowest BCUT2D eigenvalue weighted by atomic mass is 9.94. The van der Waals surface area contributed by atoms with Crippen LogP contribution in [-0.4, -0.2) is 11.9 Å². The van der Waals surface area contributed by atoms with E-state index in [1.165, 1.54) is 5.56 Å². The fraction of sp³-hybridized carbons (Fsp3) is 0.471. The van der Waals surface area contributed by atoms with Gasteiger partial charge in [-0.2, -0.15) is 0 Å². The van der Waals surface area contributed by atoms with Crippen LogP contribution in [-0.2, 0) is 11.2 Å². The van der Waals surface area contributed by atoms with Crippen molar-refractivity contribution in [2.24, 2.45) is 11.7 Å². The molecule has 0 bridgehead atoms. The minimum Gasteiger partial charge on any atom is -0.348 e. The first kappa shape index (κ1) is 16.3. The van der Waals surface area contributed by atoms with Crippen molar-refractivity contribution >= 4 is 5.91 Å². The van der Waals surface area contributed by atoms with Crippen LogP contribution in [0, 0.1) is 18.3 Å². The molecule has 0 saturated heterocycles. The Bertz CT molecular complexity index is 471. The highest BCUT2D eigenvalue weighted by Gasteiger charge is 2.21. The van der Waals surface area contributed by atoms with Crippen LogP contribution >= 0.6 is 0 Å². The number of carbonyl (C=O) groups is 1. The first-order chi connectivity index (χ1) is 9.49.